The van der Waals surface area contributed by atoms with Crippen molar-refractivity contribution in [1.82, 2.24) is 0 Å². The molecule has 13 heavy (non-hydrogen) atoms. The molecule has 0 heterocycles. The van der Waals surface area contributed by atoms with Crippen LogP contribution in [-0.2, 0) is 11.3 Å². The van der Waals surface area contributed by atoms with Crippen molar-refractivity contribution in [3.8, 4) is 0 Å². The van der Waals surface area contributed by atoms with Crippen molar-refractivity contribution in [3.63, 3.8) is 0 Å². The SMILES string of the molecule is SCC(CS)OCc1ccccc1. The topological polar surface area (TPSA) is 9.23 Å². The number of benzene rings is 1. The molecule has 0 aromatic heterocycles. The van der Waals surface area contributed by atoms with Gasteiger partial charge in [0.15, 0.2) is 0 Å². The zero-order valence-corrected chi connectivity index (χ0v) is 9.18. The lowest BCUT2D eigenvalue weighted by Crippen LogP contribution is -2.16. The molecule has 0 N–H and O–H groups in total. The van der Waals surface area contributed by atoms with Gasteiger partial charge in [-0.2, -0.15) is 25.3 Å². The standard InChI is InChI=1S/C10H14OS2/c12-7-10(8-13)11-6-9-4-2-1-3-5-9/h1-5,10,12-13H,6-8H2. The second-order valence-electron chi connectivity index (χ2n) is 2.78. The maximum Gasteiger partial charge on any atom is 0.0755 e. The third-order valence-corrected chi connectivity index (χ3v) is 2.55. The Hall–Kier alpha value is -0.120. The van der Waals surface area contributed by atoms with E-state index in [-0.39, 0.29) is 6.10 Å². The summed E-state index contributed by atoms with van der Waals surface area (Å²) in [5, 5.41) is 0. The molecule has 72 valence electrons. The minimum Gasteiger partial charge on any atom is -0.372 e. The lowest BCUT2D eigenvalue weighted by molar-refractivity contribution is 0.0723. The Balaban J connectivity index is 2.34. The first-order valence-electron chi connectivity index (χ1n) is 4.24. The molecule has 1 aromatic rings. The number of thiol groups is 2. The van der Waals surface area contributed by atoms with Crippen LogP contribution >= 0.6 is 25.3 Å². The van der Waals surface area contributed by atoms with Gasteiger partial charge in [-0.15, -0.1) is 0 Å². The minimum absolute atomic E-state index is 0.145. The van der Waals surface area contributed by atoms with Gasteiger partial charge in [-0.05, 0) is 5.56 Å². The van der Waals surface area contributed by atoms with Gasteiger partial charge < -0.3 is 4.74 Å². The zero-order valence-electron chi connectivity index (χ0n) is 7.39. The molecule has 0 saturated carbocycles. The lowest BCUT2D eigenvalue weighted by Gasteiger charge is -2.12. The zero-order chi connectivity index (χ0) is 9.52. The molecule has 0 fully saturated rings. The summed E-state index contributed by atoms with van der Waals surface area (Å²) < 4.78 is 5.57. The van der Waals surface area contributed by atoms with E-state index < -0.39 is 0 Å². The third-order valence-electron chi connectivity index (χ3n) is 1.74. The summed E-state index contributed by atoms with van der Waals surface area (Å²) in [4.78, 5) is 0. The number of hydrogen-bond donors (Lipinski definition) is 2. The Bertz CT molecular complexity index is 222. The number of ether oxygens (including phenoxy) is 1. The summed E-state index contributed by atoms with van der Waals surface area (Å²) in [6.07, 6.45) is 0.145. The highest BCUT2D eigenvalue weighted by atomic mass is 32.1. The van der Waals surface area contributed by atoms with Gasteiger partial charge in [0.05, 0.1) is 12.7 Å². The van der Waals surface area contributed by atoms with Crippen molar-refractivity contribution in [2.24, 2.45) is 0 Å². The molecular weight excluding hydrogens is 200 g/mol. The van der Waals surface area contributed by atoms with E-state index in [1.807, 2.05) is 30.3 Å². The molecule has 0 radical (unpaired) electrons. The van der Waals surface area contributed by atoms with Crippen molar-refractivity contribution in [1.29, 1.82) is 0 Å². The van der Waals surface area contributed by atoms with Crippen LogP contribution in [0.25, 0.3) is 0 Å². The molecule has 0 aliphatic heterocycles. The maximum atomic E-state index is 5.57. The average Bonchev–Trinajstić information content (AvgIpc) is 2.21. The molecule has 0 spiro atoms. The summed E-state index contributed by atoms with van der Waals surface area (Å²) in [5.41, 5.74) is 1.19. The number of rotatable bonds is 5. The Morgan fingerprint density at radius 3 is 2.23 bits per heavy atom. The van der Waals surface area contributed by atoms with Crippen LogP contribution in [0.2, 0.25) is 0 Å². The molecule has 0 saturated heterocycles. The van der Waals surface area contributed by atoms with Crippen molar-refractivity contribution in [2.75, 3.05) is 11.5 Å². The second-order valence-corrected chi connectivity index (χ2v) is 3.51. The van der Waals surface area contributed by atoms with Gasteiger partial charge >= 0.3 is 0 Å². The Morgan fingerprint density at radius 2 is 1.69 bits per heavy atom. The maximum absolute atomic E-state index is 5.57. The predicted molar refractivity (Wildman–Crippen MR) is 62.7 cm³/mol. The number of hydrogen-bond acceptors (Lipinski definition) is 3. The molecule has 1 aromatic carbocycles. The molecule has 0 aliphatic rings. The van der Waals surface area contributed by atoms with E-state index in [1.165, 1.54) is 5.56 Å². The molecule has 0 amide bonds. The first-order chi connectivity index (χ1) is 6.36. The molecule has 0 aliphatic carbocycles. The summed E-state index contributed by atoms with van der Waals surface area (Å²) in [6.45, 7) is 0.645. The Morgan fingerprint density at radius 1 is 1.08 bits per heavy atom. The quantitative estimate of drug-likeness (QED) is 0.716. The van der Waals surface area contributed by atoms with E-state index in [2.05, 4.69) is 25.3 Å². The fraction of sp³-hybridized carbons (Fsp3) is 0.400. The van der Waals surface area contributed by atoms with Crippen molar-refractivity contribution in [2.45, 2.75) is 12.7 Å². The first-order valence-corrected chi connectivity index (χ1v) is 5.50. The monoisotopic (exact) mass is 214 g/mol. The van der Waals surface area contributed by atoms with E-state index in [1.54, 1.807) is 0 Å². The van der Waals surface area contributed by atoms with Crippen LogP contribution in [0, 0.1) is 0 Å². The van der Waals surface area contributed by atoms with Gasteiger partial charge in [0.1, 0.15) is 0 Å². The fourth-order valence-corrected chi connectivity index (χ4v) is 1.62. The van der Waals surface area contributed by atoms with E-state index >= 15 is 0 Å². The summed E-state index contributed by atoms with van der Waals surface area (Å²) >= 11 is 8.34. The second kappa shape index (κ2) is 6.35. The van der Waals surface area contributed by atoms with Crippen LogP contribution in [0.4, 0.5) is 0 Å². The molecule has 0 bridgehead atoms. The largest absolute Gasteiger partial charge is 0.372 e. The van der Waals surface area contributed by atoms with Crippen LogP contribution in [0.1, 0.15) is 5.56 Å². The van der Waals surface area contributed by atoms with Crippen LogP contribution in [-0.4, -0.2) is 17.6 Å². The molecule has 3 heteroatoms. The fourth-order valence-electron chi connectivity index (χ4n) is 0.951. The van der Waals surface area contributed by atoms with E-state index in [4.69, 9.17) is 4.74 Å². The molecule has 0 atom stereocenters. The van der Waals surface area contributed by atoms with Crippen LogP contribution in [0.15, 0.2) is 30.3 Å². The highest BCUT2D eigenvalue weighted by Gasteiger charge is 2.03. The normalized spacial score (nSPS) is 10.7. The average molecular weight is 214 g/mol. The predicted octanol–water partition coefficient (Wildman–Crippen LogP) is 2.43. The van der Waals surface area contributed by atoms with Crippen molar-refractivity contribution in [3.05, 3.63) is 35.9 Å². The Kier molecular flexibility index (Phi) is 5.35. The van der Waals surface area contributed by atoms with Crippen molar-refractivity contribution < 1.29 is 4.74 Å². The van der Waals surface area contributed by atoms with Gasteiger partial charge in [0.25, 0.3) is 0 Å². The molecule has 1 nitrogen and oxygen atoms in total. The summed E-state index contributed by atoms with van der Waals surface area (Å²) in [7, 11) is 0. The van der Waals surface area contributed by atoms with Crippen LogP contribution < -0.4 is 0 Å². The van der Waals surface area contributed by atoms with E-state index in [0.29, 0.717) is 6.61 Å². The van der Waals surface area contributed by atoms with Gasteiger partial charge in [-0.25, -0.2) is 0 Å². The van der Waals surface area contributed by atoms with Gasteiger partial charge in [-0.3, -0.25) is 0 Å². The molecular formula is C10H14OS2. The van der Waals surface area contributed by atoms with Gasteiger partial charge in [0.2, 0.25) is 0 Å². The molecule has 0 unspecified atom stereocenters. The third kappa shape index (κ3) is 4.07. The van der Waals surface area contributed by atoms with Gasteiger partial charge in [0, 0.05) is 11.5 Å². The summed E-state index contributed by atoms with van der Waals surface area (Å²) in [5.74, 6) is 1.44. The highest BCUT2D eigenvalue weighted by molar-refractivity contribution is 7.81. The van der Waals surface area contributed by atoms with Crippen LogP contribution in [0.3, 0.4) is 0 Å². The smallest absolute Gasteiger partial charge is 0.0755 e. The van der Waals surface area contributed by atoms with Crippen LogP contribution in [0.5, 0.6) is 0 Å². The lowest BCUT2D eigenvalue weighted by atomic mass is 10.2. The summed E-state index contributed by atoms with van der Waals surface area (Å²) in [6, 6.07) is 10.1. The Labute approximate surface area is 90.3 Å². The van der Waals surface area contributed by atoms with E-state index in [9.17, 15) is 0 Å². The van der Waals surface area contributed by atoms with Crippen molar-refractivity contribution >= 4 is 25.3 Å². The minimum atomic E-state index is 0.145. The first kappa shape index (κ1) is 11.0. The van der Waals surface area contributed by atoms with Gasteiger partial charge in [-0.1, -0.05) is 30.3 Å². The molecule has 1 rings (SSSR count). The highest BCUT2D eigenvalue weighted by Crippen LogP contribution is 2.05. The van der Waals surface area contributed by atoms with E-state index in [0.717, 1.165) is 11.5 Å².